The van der Waals surface area contributed by atoms with E-state index in [0.717, 1.165) is 56.9 Å². The summed E-state index contributed by atoms with van der Waals surface area (Å²) in [5.74, 6) is 0.646. The quantitative estimate of drug-likeness (QED) is 0.422. The highest BCUT2D eigenvalue weighted by Gasteiger charge is 2.24. The molecule has 2 atom stereocenters. The number of fused-ring (bicyclic) bond motifs is 2. The van der Waals surface area contributed by atoms with Gasteiger partial charge in [-0.15, -0.1) is 11.3 Å². The van der Waals surface area contributed by atoms with Crippen LogP contribution in [0.2, 0.25) is 0 Å². The number of aromatic nitrogens is 3. The van der Waals surface area contributed by atoms with Crippen LogP contribution in [0.5, 0.6) is 0 Å². The van der Waals surface area contributed by atoms with Crippen LogP contribution in [0.15, 0.2) is 35.8 Å². The number of nitrogens with one attached hydrogen (secondary N) is 2. The number of nitrogens with zero attached hydrogens (tertiary/aromatic N) is 2. The monoisotopic (exact) mass is 425 g/mol. The smallest absolute Gasteiger partial charge is 0.224 e. The van der Waals surface area contributed by atoms with Gasteiger partial charge in [0, 0.05) is 34.5 Å². The molecule has 4 N–H and O–H groups in total. The van der Waals surface area contributed by atoms with E-state index in [9.17, 15) is 4.57 Å². The largest absolute Gasteiger partial charge is 0.360 e. The highest BCUT2D eigenvalue weighted by Crippen LogP contribution is 2.40. The number of hydrogen-bond donors (Lipinski definition) is 3. The van der Waals surface area contributed by atoms with E-state index in [2.05, 4.69) is 16.4 Å². The number of nitrogens with two attached hydrogens (primary N) is 1. The third kappa shape index (κ3) is 3.37. The molecule has 1 aliphatic carbocycles. The van der Waals surface area contributed by atoms with Crippen LogP contribution in [-0.2, 0) is 4.57 Å². The number of anilines is 1. The van der Waals surface area contributed by atoms with Crippen LogP contribution in [0.3, 0.4) is 0 Å². The Balaban J connectivity index is 1.65. The molecule has 1 aromatic carbocycles. The van der Waals surface area contributed by atoms with E-state index in [1.807, 2.05) is 29.8 Å². The fourth-order valence-corrected chi connectivity index (χ4v) is 6.23. The summed E-state index contributed by atoms with van der Waals surface area (Å²) >= 11 is 1.64. The second-order valence-corrected chi connectivity index (χ2v) is 12.3. The first-order chi connectivity index (χ1) is 13.9. The van der Waals surface area contributed by atoms with Crippen molar-refractivity contribution in [2.75, 3.05) is 18.6 Å². The molecule has 8 heteroatoms. The molecule has 0 bridgehead atoms. The zero-order chi connectivity index (χ0) is 20.2. The molecular weight excluding hydrogens is 401 g/mol. The highest BCUT2D eigenvalue weighted by molar-refractivity contribution is 7.70. The lowest BCUT2D eigenvalue weighted by Gasteiger charge is -2.13. The van der Waals surface area contributed by atoms with Crippen molar-refractivity contribution < 1.29 is 4.57 Å². The van der Waals surface area contributed by atoms with Crippen molar-refractivity contribution in [3.8, 4) is 11.3 Å². The van der Waals surface area contributed by atoms with E-state index >= 15 is 0 Å². The first kappa shape index (κ1) is 18.8. The van der Waals surface area contributed by atoms with Crippen LogP contribution in [0.1, 0.15) is 19.3 Å². The molecule has 6 nitrogen and oxygen atoms in total. The summed E-state index contributed by atoms with van der Waals surface area (Å²) in [6.07, 6.45) is 4.99. The minimum Gasteiger partial charge on any atom is -0.360 e. The van der Waals surface area contributed by atoms with Crippen LogP contribution in [-0.4, -0.2) is 40.4 Å². The van der Waals surface area contributed by atoms with E-state index in [0.29, 0.717) is 12.0 Å². The Morgan fingerprint density at radius 3 is 2.86 bits per heavy atom. The molecule has 0 unspecified atom stereocenters. The number of benzene rings is 1. The molecule has 0 radical (unpaired) electrons. The van der Waals surface area contributed by atoms with E-state index in [4.69, 9.17) is 15.7 Å². The van der Waals surface area contributed by atoms with Gasteiger partial charge in [0.25, 0.3) is 0 Å². The molecule has 0 spiro atoms. The molecule has 0 saturated heterocycles. The number of para-hydroxylation sites is 1. The van der Waals surface area contributed by atoms with Gasteiger partial charge in [-0.25, -0.2) is 9.97 Å². The lowest BCUT2D eigenvalue weighted by atomic mass is 10.1. The van der Waals surface area contributed by atoms with E-state index in [-0.39, 0.29) is 6.04 Å². The third-order valence-electron chi connectivity index (χ3n) is 5.64. The molecule has 29 heavy (non-hydrogen) atoms. The predicted octanol–water partition coefficient (Wildman–Crippen LogP) is 4.38. The van der Waals surface area contributed by atoms with Crippen molar-refractivity contribution in [2.24, 2.45) is 5.73 Å². The van der Waals surface area contributed by atoms with Gasteiger partial charge in [0.15, 0.2) is 0 Å². The maximum atomic E-state index is 12.8. The molecule has 4 aromatic rings. The molecule has 1 aliphatic rings. The standard InChI is InChI=1S/C21H24N5OPS/c1-28(2,27)17-5-3-4-14-15(11-23-18(14)17)19-20-16(8-9-29-20)25-21(26-19)24-13-7-6-12(22)10-13/h3-5,8-9,11-13,23H,6-7,10,22H2,1-2H3,(H,24,25,26)/t12-,13+/m1/s1. The molecule has 1 fully saturated rings. The van der Waals surface area contributed by atoms with Crippen LogP contribution < -0.4 is 16.4 Å². The Hall–Kier alpha value is -2.21. The number of thiophene rings is 1. The molecule has 0 aliphatic heterocycles. The fourth-order valence-electron chi connectivity index (χ4n) is 4.22. The van der Waals surface area contributed by atoms with E-state index in [1.165, 1.54) is 0 Å². The second-order valence-electron chi connectivity index (χ2n) is 8.20. The first-order valence-corrected chi connectivity index (χ1v) is 13.3. The average Bonchev–Trinajstić information content (AvgIpc) is 3.39. The van der Waals surface area contributed by atoms with Crippen molar-refractivity contribution in [3.05, 3.63) is 35.8 Å². The van der Waals surface area contributed by atoms with Gasteiger partial charge in [0.1, 0.15) is 7.14 Å². The highest BCUT2D eigenvalue weighted by atomic mass is 32.1. The van der Waals surface area contributed by atoms with Crippen LogP contribution in [0.25, 0.3) is 32.4 Å². The molecule has 3 aromatic heterocycles. The van der Waals surface area contributed by atoms with E-state index in [1.54, 1.807) is 24.7 Å². The Labute approximate surface area is 173 Å². The zero-order valence-corrected chi connectivity index (χ0v) is 18.2. The van der Waals surface area contributed by atoms with Crippen molar-refractivity contribution >= 4 is 50.9 Å². The van der Waals surface area contributed by atoms with Gasteiger partial charge in [-0.1, -0.05) is 12.1 Å². The van der Waals surface area contributed by atoms with Gasteiger partial charge in [0.05, 0.1) is 21.4 Å². The summed E-state index contributed by atoms with van der Waals surface area (Å²) in [5.41, 5.74) is 9.84. The van der Waals surface area contributed by atoms with Gasteiger partial charge in [-0.3, -0.25) is 0 Å². The van der Waals surface area contributed by atoms with Crippen LogP contribution >= 0.6 is 18.5 Å². The molecule has 3 heterocycles. The minimum absolute atomic E-state index is 0.252. The maximum Gasteiger partial charge on any atom is 0.224 e. The SMILES string of the molecule is CP(C)(=O)c1cccc2c(-c3nc(N[C@H]4CC[C@@H](N)C4)nc4ccsc34)c[nH]c12. The number of H-pyrrole nitrogens is 1. The lowest BCUT2D eigenvalue weighted by molar-refractivity contribution is 0.588. The predicted molar refractivity (Wildman–Crippen MR) is 123 cm³/mol. The molecule has 1 saturated carbocycles. The van der Waals surface area contributed by atoms with Gasteiger partial charge in [-0.2, -0.15) is 0 Å². The summed E-state index contributed by atoms with van der Waals surface area (Å²) in [7, 11) is -2.40. The molecule has 150 valence electrons. The first-order valence-electron chi connectivity index (χ1n) is 9.83. The maximum absolute atomic E-state index is 12.8. The van der Waals surface area contributed by atoms with Crippen LogP contribution in [0.4, 0.5) is 5.95 Å². The summed E-state index contributed by atoms with van der Waals surface area (Å²) in [5, 5.41) is 7.44. The van der Waals surface area contributed by atoms with Crippen LogP contribution in [0, 0.1) is 0 Å². The summed E-state index contributed by atoms with van der Waals surface area (Å²) in [6.45, 7) is 3.61. The number of rotatable bonds is 4. The number of hydrogen-bond acceptors (Lipinski definition) is 6. The summed E-state index contributed by atoms with van der Waals surface area (Å²) in [4.78, 5) is 13.0. The minimum atomic E-state index is -2.40. The van der Waals surface area contributed by atoms with Crippen molar-refractivity contribution in [2.45, 2.75) is 31.3 Å². The van der Waals surface area contributed by atoms with Gasteiger partial charge in [-0.05, 0) is 50.1 Å². The molecule has 5 rings (SSSR count). The van der Waals surface area contributed by atoms with Crippen molar-refractivity contribution in [3.63, 3.8) is 0 Å². The van der Waals surface area contributed by atoms with Gasteiger partial charge in [0.2, 0.25) is 5.95 Å². The number of aromatic amines is 1. The summed E-state index contributed by atoms with van der Waals surface area (Å²) < 4.78 is 13.8. The molecular formula is C21H24N5OPS. The van der Waals surface area contributed by atoms with Crippen molar-refractivity contribution in [1.82, 2.24) is 15.0 Å². The van der Waals surface area contributed by atoms with Gasteiger partial charge >= 0.3 is 0 Å². The Morgan fingerprint density at radius 2 is 2.10 bits per heavy atom. The second kappa shape index (κ2) is 6.94. The normalized spacial score (nSPS) is 20.0. The lowest BCUT2D eigenvalue weighted by Crippen LogP contribution is -2.21. The van der Waals surface area contributed by atoms with E-state index < -0.39 is 7.14 Å². The fraction of sp³-hybridized carbons (Fsp3) is 0.333. The topological polar surface area (TPSA) is 96.7 Å². The zero-order valence-electron chi connectivity index (χ0n) is 16.5. The van der Waals surface area contributed by atoms with Gasteiger partial charge < -0.3 is 20.6 Å². The Kier molecular flexibility index (Phi) is 4.50. The summed E-state index contributed by atoms with van der Waals surface area (Å²) in [6, 6.07) is 8.58. The Morgan fingerprint density at radius 1 is 1.24 bits per heavy atom. The molecule has 0 amide bonds. The Bertz CT molecular complexity index is 1260. The third-order valence-corrected chi connectivity index (χ3v) is 8.08. The van der Waals surface area contributed by atoms with Crippen molar-refractivity contribution in [1.29, 1.82) is 0 Å². The average molecular weight is 425 g/mol.